The fourth-order valence-electron chi connectivity index (χ4n) is 1.18. The summed E-state index contributed by atoms with van der Waals surface area (Å²) in [6.45, 7) is 1.77. The molecule has 0 fully saturated rings. The summed E-state index contributed by atoms with van der Waals surface area (Å²) in [5.74, 6) is -0.630. The van der Waals surface area contributed by atoms with Crippen molar-refractivity contribution in [1.29, 1.82) is 0 Å². The first-order valence-electron chi connectivity index (χ1n) is 4.33. The van der Waals surface area contributed by atoms with E-state index in [-0.39, 0.29) is 11.3 Å². The van der Waals surface area contributed by atoms with Crippen LogP contribution in [0, 0.1) is 6.92 Å². The number of ether oxygens (including phenoxy) is 1. The molecule has 0 atom stereocenters. The standard InChI is InChI=1S/C9H12N2O4S/c1-6-3-4-8(11-16(10,13)14)7(5-6)9(12)15-2/h3-5,11H,1-2H3,(H2,10,13,14). The molecule has 88 valence electrons. The van der Waals surface area contributed by atoms with E-state index in [9.17, 15) is 13.2 Å². The summed E-state index contributed by atoms with van der Waals surface area (Å²) in [6, 6.07) is 4.62. The molecule has 16 heavy (non-hydrogen) atoms. The SMILES string of the molecule is COC(=O)c1cc(C)ccc1NS(N)(=O)=O. The Morgan fingerprint density at radius 1 is 1.44 bits per heavy atom. The minimum absolute atomic E-state index is 0.0972. The number of benzene rings is 1. The van der Waals surface area contributed by atoms with Gasteiger partial charge in [0.05, 0.1) is 18.4 Å². The average Bonchev–Trinajstić information content (AvgIpc) is 2.17. The molecule has 1 aromatic carbocycles. The maximum Gasteiger partial charge on any atom is 0.340 e. The molecule has 0 saturated carbocycles. The van der Waals surface area contributed by atoms with Gasteiger partial charge in [0.15, 0.2) is 0 Å². The third-order valence-corrected chi connectivity index (χ3v) is 2.34. The van der Waals surface area contributed by atoms with Crippen molar-refractivity contribution in [1.82, 2.24) is 0 Å². The third-order valence-electron chi connectivity index (χ3n) is 1.83. The van der Waals surface area contributed by atoms with Crippen LogP contribution < -0.4 is 9.86 Å². The number of anilines is 1. The number of carbonyl (C=O) groups is 1. The summed E-state index contributed by atoms with van der Waals surface area (Å²) in [7, 11) is -2.70. The minimum Gasteiger partial charge on any atom is -0.465 e. The highest BCUT2D eigenvalue weighted by Gasteiger charge is 2.14. The normalized spacial score (nSPS) is 10.9. The zero-order chi connectivity index (χ0) is 12.3. The van der Waals surface area contributed by atoms with Crippen LogP contribution in [0.1, 0.15) is 15.9 Å². The summed E-state index contributed by atoms with van der Waals surface area (Å²) in [5.41, 5.74) is 1.02. The van der Waals surface area contributed by atoms with E-state index < -0.39 is 16.2 Å². The zero-order valence-corrected chi connectivity index (χ0v) is 9.67. The molecular formula is C9H12N2O4S. The maximum absolute atomic E-state index is 11.4. The van der Waals surface area contributed by atoms with E-state index >= 15 is 0 Å². The van der Waals surface area contributed by atoms with Crippen molar-refractivity contribution in [3.63, 3.8) is 0 Å². The smallest absolute Gasteiger partial charge is 0.340 e. The lowest BCUT2D eigenvalue weighted by Crippen LogP contribution is -2.23. The van der Waals surface area contributed by atoms with Gasteiger partial charge >= 0.3 is 5.97 Å². The molecule has 1 rings (SSSR count). The summed E-state index contributed by atoms with van der Waals surface area (Å²) in [4.78, 5) is 11.4. The largest absolute Gasteiger partial charge is 0.465 e. The van der Waals surface area contributed by atoms with Crippen LogP contribution in [-0.4, -0.2) is 21.5 Å². The lowest BCUT2D eigenvalue weighted by atomic mass is 10.1. The molecule has 0 aliphatic heterocycles. The Hall–Kier alpha value is -1.60. The Bertz CT molecular complexity index is 510. The number of hydrogen-bond donors (Lipinski definition) is 2. The van der Waals surface area contributed by atoms with Gasteiger partial charge in [-0.05, 0) is 19.1 Å². The highest BCUT2D eigenvalue weighted by Crippen LogP contribution is 2.18. The highest BCUT2D eigenvalue weighted by molar-refractivity contribution is 7.90. The molecule has 0 radical (unpaired) electrons. The van der Waals surface area contributed by atoms with Crippen LogP contribution in [0.15, 0.2) is 18.2 Å². The van der Waals surface area contributed by atoms with E-state index in [1.165, 1.54) is 19.2 Å². The second kappa shape index (κ2) is 4.50. The van der Waals surface area contributed by atoms with Gasteiger partial charge in [0.2, 0.25) is 0 Å². The molecule has 0 amide bonds. The number of aryl methyl sites for hydroxylation is 1. The topological polar surface area (TPSA) is 98.5 Å². The van der Waals surface area contributed by atoms with Crippen LogP contribution in [0.5, 0.6) is 0 Å². The summed E-state index contributed by atoms with van der Waals surface area (Å²) < 4.78 is 28.3. The van der Waals surface area contributed by atoms with Gasteiger partial charge in [-0.1, -0.05) is 11.6 Å². The predicted molar refractivity (Wildman–Crippen MR) is 59.2 cm³/mol. The van der Waals surface area contributed by atoms with Crippen LogP contribution in [0.2, 0.25) is 0 Å². The number of rotatable bonds is 3. The third kappa shape index (κ3) is 3.21. The highest BCUT2D eigenvalue weighted by atomic mass is 32.2. The molecule has 7 heteroatoms. The molecule has 0 heterocycles. The number of carbonyl (C=O) groups excluding carboxylic acids is 1. The lowest BCUT2D eigenvalue weighted by molar-refractivity contribution is 0.0602. The van der Waals surface area contributed by atoms with Gasteiger partial charge in [-0.2, -0.15) is 8.42 Å². The zero-order valence-electron chi connectivity index (χ0n) is 8.85. The molecule has 0 aliphatic carbocycles. The van der Waals surface area contributed by atoms with Crippen LogP contribution >= 0.6 is 0 Å². The summed E-state index contributed by atoms with van der Waals surface area (Å²) in [5, 5.41) is 4.83. The van der Waals surface area contributed by atoms with Crippen LogP contribution in [-0.2, 0) is 14.9 Å². The molecule has 0 bridgehead atoms. The number of esters is 1. The molecular weight excluding hydrogens is 232 g/mol. The van der Waals surface area contributed by atoms with Gasteiger partial charge in [-0.3, -0.25) is 4.72 Å². The Balaban J connectivity index is 3.23. The first-order valence-corrected chi connectivity index (χ1v) is 5.87. The van der Waals surface area contributed by atoms with Gasteiger partial charge in [0.1, 0.15) is 0 Å². The van der Waals surface area contributed by atoms with Gasteiger partial charge < -0.3 is 4.74 Å². The van der Waals surface area contributed by atoms with Gasteiger partial charge in [-0.15, -0.1) is 0 Å². The van der Waals surface area contributed by atoms with E-state index in [4.69, 9.17) is 5.14 Å². The summed E-state index contributed by atoms with van der Waals surface area (Å²) in [6.07, 6.45) is 0. The van der Waals surface area contributed by atoms with Crippen LogP contribution in [0.25, 0.3) is 0 Å². The number of methoxy groups -OCH3 is 1. The van der Waals surface area contributed by atoms with Crippen molar-refractivity contribution in [2.24, 2.45) is 5.14 Å². The predicted octanol–water partition coefficient (Wildman–Crippen LogP) is 0.397. The van der Waals surface area contributed by atoms with E-state index in [2.05, 4.69) is 4.74 Å². The van der Waals surface area contributed by atoms with Gasteiger partial charge in [0, 0.05) is 0 Å². The van der Waals surface area contributed by atoms with Crippen molar-refractivity contribution < 1.29 is 17.9 Å². The van der Waals surface area contributed by atoms with E-state index in [0.717, 1.165) is 5.56 Å². The molecule has 6 nitrogen and oxygen atoms in total. The molecule has 0 aliphatic rings. The van der Waals surface area contributed by atoms with Gasteiger partial charge in [0.25, 0.3) is 10.2 Å². The van der Waals surface area contributed by atoms with Crippen molar-refractivity contribution in [2.45, 2.75) is 6.92 Å². The number of nitrogens with two attached hydrogens (primary N) is 1. The molecule has 0 saturated heterocycles. The van der Waals surface area contributed by atoms with Crippen molar-refractivity contribution in [3.05, 3.63) is 29.3 Å². The average molecular weight is 244 g/mol. The second-order valence-corrected chi connectivity index (χ2v) is 4.48. The monoisotopic (exact) mass is 244 g/mol. The molecule has 0 spiro atoms. The first-order chi connectivity index (χ1) is 7.33. The second-order valence-electron chi connectivity index (χ2n) is 3.19. The van der Waals surface area contributed by atoms with E-state index in [1.54, 1.807) is 13.0 Å². The maximum atomic E-state index is 11.4. The molecule has 0 aromatic heterocycles. The van der Waals surface area contributed by atoms with Crippen molar-refractivity contribution >= 4 is 21.9 Å². The van der Waals surface area contributed by atoms with E-state index in [1.807, 2.05) is 4.72 Å². The number of hydrogen-bond acceptors (Lipinski definition) is 4. The van der Waals surface area contributed by atoms with Crippen molar-refractivity contribution in [3.8, 4) is 0 Å². The van der Waals surface area contributed by atoms with Gasteiger partial charge in [-0.25, -0.2) is 9.93 Å². The van der Waals surface area contributed by atoms with Crippen LogP contribution in [0.4, 0.5) is 5.69 Å². The minimum atomic E-state index is -3.91. The lowest BCUT2D eigenvalue weighted by Gasteiger charge is -2.09. The molecule has 0 unspecified atom stereocenters. The Labute approximate surface area is 93.6 Å². The Morgan fingerprint density at radius 3 is 2.56 bits per heavy atom. The Morgan fingerprint density at radius 2 is 2.06 bits per heavy atom. The fourth-order valence-corrected chi connectivity index (χ4v) is 1.66. The van der Waals surface area contributed by atoms with Crippen LogP contribution in [0.3, 0.4) is 0 Å². The Kier molecular flexibility index (Phi) is 3.51. The summed E-state index contributed by atoms with van der Waals surface area (Å²) >= 11 is 0. The fraction of sp³-hybridized carbons (Fsp3) is 0.222. The quantitative estimate of drug-likeness (QED) is 0.752. The van der Waals surface area contributed by atoms with E-state index in [0.29, 0.717) is 0 Å². The first kappa shape index (κ1) is 12.5. The number of nitrogens with one attached hydrogen (secondary N) is 1. The van der Waals surface area contributed by atoms with Crippen molar-refractivity contribution in [2.75, 3.05) is 11.8 Å². The molecule has 1 aromatic rings. The molecule has 3 N–H and O–H groups in total.